The van der Waals surface area contributed by atoms with Crippen LogP contribution >= 0.6 is 0 Å². The molecule has 0 amide bonds. The van der Waals surface area contributed by atoms with Crippen LogP contribution < -0.4 is 5.73 Å². The second-order valence-electron chi connectivity index (χ2n) is 5.55. The minimum Gasteiger partial charge on any atom is -0.398 e. The second-order valence-corrected chi connectivity index (χ2v) is 5.55. The van der Waals surface area contributed by atoms with E-state index in [-0.39, 0.29) is 11.9 Å². The smallest absolute Gasteiger partial charge is 0.151 e. The number of nitrogens with two attached hydrogens (primary N) is 1. The molecule has 0 saturated carbocycles. The van der Waals surface area contributed by atoms with Gasteiger partial charge in [-0.3, -0.25) is 0 Å². The highest BCUT2D eigenvalue weighted by atomic mass is 19.1. The maximum Gasteiger partial charge on any atom is 0.151 e. The van der Waals surface area contributed by atoms with Crippen molar-refractivity contribution in [3.63, 3.8) is 0 Å². The van der Waals surface area contributed by atoms with Crippen LogP contribution in [0, 0.1) is 12.7 Å². The van der Waals surface area contributed by atoms with Crippen LogP contribution in [-0.2, 0) is 0 Å². The third-order valence-electron chi connectivity index (χ3n) is 3.72. The Balaban J connectivity index is 2.43. The fraction of sp³-hybridized carbons (Fsp3) is 0.235. The number of hydrogen-bond acceptors (Lipinski definition) is 2. The quantitative estimate of drug-likeness (QED) is 0.712. The lowest BCUT2D eigenvalue weighted by atomic mass is 10.1. The van der Waals surface area contributed by atoms with Crippen molar-refractivity contribution in [3.8, 4) is 11.4 Å². The van der Waals surface area contributed by atoms with Crippen LogP contribution in [0.4, 0.5) is 10.1 Å². The molecule has 1 aromatic heterocycles. The van der Waals surface area contributed by atoms with Crippen molar-refractivity contribution in [2.24, 2.45) is 0 Å². The summed E-state index contributed by atoms with van der Waals surface area (Å²) in [6, 6.07) is 11.0. The van der Waals surface area contributed by atoms with Gasteiger partial charge >= 0.3 is 0 Å². The number of anilines is 1. The molecule has 3 aromatic rings. The number of nitrogens with zero attached hydrogens (tertiary/aromatic N) is 2. The van der Waals surface area contributed by atoms with E-state index in [1.54, 1.807) is 6.07 Å². The molecule has 0 aliphatic heterocycles. The van der Waals surface area contributed by atoms with Crippen molar-refractivity contribution in [2.75, 3.05) is 5.73 Å². The van der Waals surface area contributed by atoms with E-state index in [0.717, 1.165) is 22.5 Å². The van der Waals surface area contributed by atoms with Crippen molar-refractivity contribution in [2.45, 2.75) is 26.8 Å². The molecule has 2 aromatic carbocycles. The first-order valence-electron chi connectivity index (χ1n) is 7.02. The van der Waals surface area contributed by atoms with Crippen LogP contribution in [0.3, 0.4) is 0 Å². The number of imidazole rings is 1. The van der Waals surface area contributed by atoms with Gasteiger partial charge in [-0.25, -0.2) is 9.37 Å². The van der Waals surface area contributed by atoms with Crippen LogP contribution in [0.25, 0.3) is 22.4 Å². The van der Waals surface area contributed by atoms with E-state index in [0.29, 0.717) is 11.2 Å². The average Bonchev–Trinajstić information content (AvgIpc) is 2.79. The predicted molar refractivity (Wildman–Crippen MR) is 84.7 cm³/mol. The van der Waals surface area contributed by atoms with E-state index in [4.69, 9.17) is 5.73 Å². The number of hydrogen-bond donors (Lipinski definition) is 1. The number of rotatable bonds is 2. The highest BCUT2D eigenvalue weighted by molar-refractivity contribution is 5.85. The Bertz CT molecular complexity index is 798. The van der Waals surface area contributed by atoms with Crippen LogP contribution in [0.2, 0.25) is 0 Å². The Hall–Kier alpha value is -2.36. The Morgan fingerprint density at radius 2 is 1.86 bits per heavy atom. The van der Waals surface area contributed by atoms with Crippen molar-refractivity contribution < 1.29 is 4.39 Å². The van der Waals surface area contributed by atoms with Crippen molar-refractivity contribution in [1.82, 2.24) is 9.55 Å². The summed E-state index contributed by atoms with van der Waals surface area (Å²) < 4.78 is 16.1. The molecular weight excluding hydrogens is 265 g/mol. The van der Waals surface area contributed by atoms with Crippen molar-refractivity contribution >= 4 is 16.7 Å². The van der Waals surface area contributed by atoms with Gasteiger partial charge in [0.2, 0.25) is 0 Å². The van der Waals surface area contributed by atoms with Gasteiger partial charge in [0.05, 0.1) is 5.52 Å². The lowest BCUT2D eigenvalue weighted by Crippen LogP contribution is -2.05. The summed E-state index contributed by atoms with van der Waals surface area (Å²) in [6.45, 7) is 6.11. The van der Waals surface area contributed by atoms with Crippen LogP contribution in [0.5, 0.6) is 0 Å². The molecule has 108 valence electrons. The molecule has 0 fully saturated rings. The van der Waals surface area contributed by atoms with Gasteiger partial charge < -0.3 is 10.3 Å². The lowest BCUT2D eigenvalue weighted by Gasteiger charge is -2.15. The van der Waals surface area contributed by atoms with Gasteiger partial charge in [0.15, 0.2) is 5.82 Å². The Kier molecular flexibility index (Phi) is 3.16. The number of aromatic nitrogens is 2. The molecule has 3 rings (SSSR count). The fourth-order valence-electron chi connectivity index (χ4n) is 2.78. The van der Waals surface area contributed by atoms with Gasteiger partial charge in [0, 0.05) is 17.3 Å². The largest absolute Gasteiger partial charge is 0.398 e. The zero-order valence-electron chi connectivity index (χ0n) is 12.4. The third kappa shape index (κ3) is 2.07. The molecule has 4 heteroatoms. The number of benzene rings is 2. The third-order valence-corrected chi connectivity index (χ3v) is 3.72. The highest BCUT2D eigenvalue weighted by Crippen LogP contribution is 2.34. The topological polar surface area (TPSA) is 43.8 Å². The molecule has 0 unspecified atom stereocenters. The molecule has 0 spiro atoms. The summed E-state index contributed by atoms with van der Waals surface area (Å²) in [6.07, 6.45) is 0. The standard InChI is InChI=1S/C17H18FN3/c1-10(2)21-14-9-5-7-12(18)16(14)20-17(21)15-11(3)6-4-8-13(15)19/h4-10H,19H2,1-3H3. The molecule has 2 N–H and O–H groups in total. The molecule has 0 aliphatic carbocycles. The zero-order valence-corrected chi connectivity index (χ0v) is 12.4. The minimum absolute atomic E-state index is 0.158. The van der Waals surface area contributed by atoms with Gasteiger partial charge in [0.25, 0.3) is 0 Å². The number of aryl methyl sites for hydroxylation is 1. The van der Waals surface area contributed by atoms with E-state index in [1.165, 1.54) is 6.07 Å². The van der Waals surface area contributed by atoms with Gasteiger partial charge in [-0.1, -0.05) is 18.2 Å². The first-order chi connectivity index (χ1) is 10.0. The van der Waals surface area contributed by atoms with E-state index >= 15 is 0 Å². The summed E-state index contributed by atoms with van der Waals surface area (Å²) in [5.41, 5.74) is 9.89. The molecule has 0 radical (unpaired) electrons. The maximum absolute atomic E-state index is 14.1. The highest BCUT2D eigenvalue weighted by Gasteiger charge is 2.19. The van der Waals surface area contributed by atoms with Gasteiger partial charge in [-0.2, -0.15) is 0 Å². The Labute approximate surface area is 123 Å². The Morgan fingerprint density at radius 3 is 2.52 bits per heavy atom. The average molecular weight is 283 g/mol. The van der Waals surface area contributed by atoms with Gasteiger partial charge in [0.1, 0.15) is 11.3 Å². The molecular formula is C17H18FN3. The lowest BCUT2D eigenvalue weighted by molar-refractivity contribution is 0.623. The normalized spacial score (nSPS) is 11.5. The number of fused-ring (bicyclic) bond motifs is 1. The summed E-state index contributed by atoms with van der Waals surface area (Å²) in [4.78, 5) is 4.53. The maximum atomic E-state index is 14.1. The fourth-order valence-corrected chi connectivity index (χ4v) is 2.78. The summed E-state index contributed by atoms with van der Waals surface area (Å²) in [5.74, 6) is 0.418. The molecule has 3 nitrogen and oxygen atoms in total. The molecule has 0 atom stereocenters. The van der Waals surface area contributed by atoms with Crippen molar-refractivity contribution in [1.29, 1.82) is 0 Å². The van der Waals surface area contributed by atoms with Crippen LogP contribution in [0.1, 0.15) is 25.5 Å². The molecule has 0 aliphatic rings. The van der Waals surface area contributed by atoms with E-state index in [2.05, 4.69) is 18.8 Å². The van der Waals surface area contributed by atoms with E-state index < -0.39 is 0 Å². The SMILES string of the molecule is Cc1cccc(N)c1-c1nc2c(F)cccc2n1C(C)C. The Morgan fingerprint density at radius 1 is 1.14 bits per heavy atom. The molecule has 21 heavy (non-hydrogen) atoms. The molecule has 1 heterocycles. The molecule has 0 saturated heterocycles. The van der Waals surface area contributed by atoms with E-state index in [9.17, 15) is 4.39 Å². The predicted octanol–water partition coefficient (Wildman–Crippen LogP) is 4.31. The minimum atomic E-state index is -0.305. The first kappa shape index (κ1) is 13.6. The monoisotopic (exact) mass is 283 g/mol. The number of halogens is 1. The summed E-state index contributed by atoms with van der Waals surface area (Å²) in [7, 11) is 0. The van der Waals surface area contributed by atoms with Crippen molar-refractivity contribution in [3.05, 3.63) is 47.8 Å². The van der Waals surface area contributed by atoms with Gasteiger partial charge in [-0.05, 0) is 44.5 Å². The van der Waals surface area contributed by atoms with Crippen LogP contribution in [-0.4, -0.2) is 9.55 Å². The van der Waals surface area contributed by atoms with Crippen LogP contribution in [0.15, 0.2) is 36.4 Å². The number of para-hydroxylation sites is 1. The van der Waals surface area contributed by atoms with E-state index in [1.807, 2.05) is 35.8 Å². The number of nitrogen functional groups attached to an aromatic ring is 1. The first-order valence-corrected chi connectivity index (χ1v) is 7.02. The second kappa shape index (κ2) is 4.88. The summed E-state index contributed by atoms with van der Waals surface area (Å²) >= 11 is 0. The van der Waals surface area contributed by atoms with Gasteiger partial charge in [-0.15, -0.1) is 0 Å². The molecule has 0 bridgehead atoms. The zero-order chi connectivity index (χ0) is 15.1. The summed E-state index contributed by atoms with van der Waals surface area (Å²) in [5, 5.41) is 0.